The highest BCUT2D eigenvalue weighted by atomic mass is 35.5. The van der Waals surface area contributed by atoms with Crippen LogP contribution in [0.5, 0.6) is 0 Å². The Kier molecular flexibility index (Phi) is 4.37. The smallest absolute Gasteiger partial charge is 0.223 e. The van der Waals surface area contributed by atoms with E-state index in [1.807, 2.05) is 0 Å². The zero-order chi connectivity index (χ0) is 16.7. The molecule has 0 bridgehead atoms. The molecule has 0 aromatic carbocycles. The first kappa shape index (κ1) is 16.1. The van der Waals surface area contributed by atoms with Gasteiger partial charge in [-0.05, 0) is 49.9 Å². The molecule has 1 aliphatic heterocycles. The molecular weight excluding hydrogens is 324 g/mol. The maximum Gasteiger partial charge on any atom is 0.223 e. The van der Waals surface area contributed by atoms with Gasteiger partial charge in [0.05, 0.1) is 6.20 Å². The van der Waals surface area contributed by atoms with Crippen molar-refractivity contribution >= 4 is 23.3 Å². The second-order valence-electron chi connectivity index (χ2n) is 7.91. The number of nitrogens with zero attached hydrogens (tertiary/aromatic N) is 3. The normalized spacial score (nSPS) is 35.2. The van der Waals surface area contributed by atoms with Crippen LogP contribution in [-0.4, -0.2) is 35.0 Å². The van der Waals surface area contributed by atoms with Gasteiger partial charge in [0.25, 0.3) is 0 Å². The number of anilines is 1. The number of fused-ring (bicyclic) bond motifs is 1. The van der Waals surface area contributed by atoms with Crippen molar-refractivity contribution in [3.05, 3.63) is 17.5 Å². The first-order valence-electron chi connectivity index (χ1n) is 9.11. The molecule has 4 unspecified atom stereocenters. The lowest BCUT2D eigenvalue weighted by molar-refractivity contribution is -0.125. The second-order valence-corrected chi connectivity index (χ2v) is 8.32. The van der Waals surface area contributed by atoms with Crippen molar-refractivity contribution in [1.29, 1.82) is 0 Å². The van der Waals surface area contributed by atoms with Crippen LogP contribution < -0.4 is 10.2 Å². The van der Waals surface area contributed by atoms with Gasteiger partial charge in [0.15, 0.2) is 5.82 Å². The fourth-order valence-electron chi connectivity index (χ4n) is 4.89. The predicted molar refractivity (Wildman–Crippen MR) is 93.9 cm³/mol. The summed E-state index contributed by atoms with van der Waals surface area (Å²) in [5.41, 5.74) is 0. The molecule has 4 atom stereocenters. The maximum absolute atomic E-state index is 12.4. The number of aromatic nitrogens is 2. The van der Waals surface area contributed by atoms with Crippen molar-refractivity contribution in [2.24, 2.45) is 23.7 Å². The van der Waals surface area contributed by atoms with Crippen molar-refractivity contribution < 1.29 is 4.79 Å². The van der Waals surface area contributed by atoms with Crippen LogP contribution in [0, 0.1) is 23.7 Å². The van der Waals surface area contributed by atoms with Crippen LogP contribution in [0.1, 0.15) is 39.0 Å². The van der Waals surface area contributed by atoms with Gasteiger partial charge in [0.2, 0.25) is 5.91 Å². The average Bonchev–Trinajstić information content (AvgIpc) is 3.22. The largest absolute Gasteiger partial charge is 0.355 e. The minimum absolute atomic E-state index is 0.247. The van der Waals surface area contributed by atoms with Crippen molar-refractivity contribution in [2.45, 2.75) is 45.1 Å². The number of halogens is 1. The van der Waals surface area contributed by atoms with Gasteiger partial charge in [-0.3, -0.25) is 4.79 Å². The van der Waals surface area contributed by atoms with E-state index in [0.29, 0.717) is 34.7 Å². The zero-order valence-electron chi connectivity index (χ0n) is 14.1. The molecule has 2 aliphatic carbocycles. The molecule has 0 radical (unpaired) electrons. The molecule has 3 aliphatic rings. The van der Waals surface area contributed by atoms with Crippen molar-refractivity contribution in [2.75, 3.05) is 18.0 Å². The van der Waals surface area contributed by atoms with Gasteiger partial charge in [-0.15, -0.1) is 0 Å². The Labute approximate surface area is 148 Å². The van der Waals surface area contributed by atoms with Crippen molar-refractivity contribution in [1.82, 2.24) is 15.3 Å². The topological polar surface area (TPSA) is 58.1 Å². The molecule has 1 N–H and O–H groups in total. The summed E-state index contributed by atoms with van der Waals surface area (Å²) in [6.45, 7) is 4.21. The molecule has 1 aromatic rings. The van der Waals surface area contributed by atoms with E-state index < -0.39 is 0 Å². The highest BCUT2D eigenvalue weighted by molar-refractivity contribution is 6.32. The number of carbonyl (C=O) groups is 1. The lowest BCUT2D eigenvalue weighted by atomic mass is 10.0. The number of hydrogen-bond acceptors (Lipinski definition) is 4. The van der Waals surface area contributed by atoms with Gasteiger partial charge < -0.3 is 10.2 Å². The Hall–Kier alpha value is -1.36. The molecule has 0 spiro atoms. The van der Waals surface area contributed by atoms with Crippen LogP contribution >= 0.6 is 11.6 Å². The Morgan fingerprint density at radius 1 is 1.25 bits per heavy atom. The molecule has 24 heavy (non-hydrogen) atoms. The number of carbonyl (C=O) groups excluding carboxylic acids is 1. The summed E-state index contributed by atoms with van der Waals surface area (Å²) >= 11 is 6.22. The van der Waals surface area contributed by atoms with E-state index >= 15 is 0 Å². The summed E-state index contributed by atoms with van der Waals surface area (Å²) < 4.78 is 0. The van der Waals surface area contributed by atoms with Gasteiger partial charge in [0.1, 0.15) is 11.3 Å². The Balaban J connectivity index is 1.32. The third-order valence-corrected chi connectivity index (χ3v) is 6.38. The molecule has 2 heterocycles. The quantitative estimate of drug-likeness (QED) is 0.912. The number of hydrogen-bond donors (Lipinski definition) is 1. The van der Waals surface area contributed by atoms with Gasteiger partial charge in [-0.2, -0.15) is 0 Å². The molecule has 130 valence electrons. The number of amides is 1. The first-order chi connectivity index (χ1) is 11.6. The summed E-state index contributed by atoms with van der Waals surface area (Å²) in [4.78, 5) is 23.0. The van der Waals surface area contributed by atoms with Crippen LogP contribution in [0.25, 0.3) is 0 Å². The fourth-order valence-corrected chi connectivity index (χ4v) is 5.12. The van der Waals surface area contributed by atoms with Crippen LogP contribution in [0.3, 0.4) is 0 Å². The lowest BCUT2D eigenvalue weighted by Gasteiger charge is -2.22. The monoisotopic (exact) mass is 348 g/mol. The Morgan fingerprint density at radius 3 is 2.62 bits per heavy atom. The molecule has 1 aromatic heterocycles. The molecule has 4 rings (SSSR count). The summed E-state index contributed by atoms with van der Waals surface area (Å²) in [6.07, 6.45) is 8.70. The van der Waals surface area contributed by atoms with Gasteiger partial charge in [-0.25, -0.2) is 9.97 Å². The molecule has 5 nitrogen and oxygen atoms in total. The van der Waals surface area contributed by atoms with E-state index in [2.05, 4.69) is 27.1 Å². The lowest BCUT2D eigenvalue weighted by Crippen LogP contribution is -2.38. The van der Waals surface area contributed by atoms with E-state index in [4.69, 9.17) is 11.6 Å². The summed E-state index contributed by atoms with van der Waals surface area (Å²) in [6, 6.07) is 0.353. The van der Waals surface area contributed by atoms with E-state index in [0.717, 1.165) is 44.6 Å². The van der Waals surface area contributed by atoms with Gasteiger partial charge in [-0.1, -0.05) is 18.5 Å². The summed E-state index contributed by atoms with van der Waals surface area (Å²) in [7, 11) is 0. The second kappa shape index (κ2) is 6.51. The maximum atomic E-state index is 12.4. The molecule has 1 saturated heterocycles. The van der Waals surface area contributed by atoms with Crippen LogP contribution in [0.15, 0.2) is 12.5 Å². The molecule has 2 saturated carbocycles. The first-order valence-corrected chi connectivity index (χ1v) is 9.48. The van der Waals surface area contributed by atoms with Crippen molar-refractivity contribution in [3.63, 3.8) is 0 Å². The minimum atomic E-state index is 0.247. The highest BCUT2D eigenvalue weighted by Gasteiger charge is 2.42. The zero-order valence-corrected chi connectivity index (χ0v) is 14.9. The summed E-state index contributed by atoms with van der Waals surface area (Å²) in [5.74, 6) is 3.35. The van der Waals surface area contributed by atoms with Crippen LogP contribution in [0.2, 0.25) is 5.02 Å². The number of rotatable bonds is 3. The van der Waals surface area contributed by atoms with E-state index in [1.165, 1.54) is 6.42 Å². The van der Waals surface area contributed by atoms with E-state index in [1.54, 1.807) is 12.5 Å². The Morgan fingerprint density at radius 2 is 2.00 bits per heavy atom. The average molecular weight is 349 g/mol. The van der Waals surface area contributed by atoms with E-state index in [9.17, 15) is 4.79 Å². The number of nitrogens with one attached hydrogen (secondary N) is 1. The molecular formula is C18H25ClN4O. The third kappa shape index (κ3) is 3.10. The minimum Gasteiger partial charge on any atom is -0.355 e. The van der Waals surface area contributed by atoms with Crippen molar-refractivity contribution in [3.8, 4) is 0 Å². The molecule has 3 fully saturated rings. The van der Waals surface area contributed by atoms with Crippen LogP contribution in [0.4, 0.5) is 5.82 Å². The molecule has 1 amide bonds. The van der Waals surface area contributed by atoms with Gasteiger partial charge >= 0.3 is 0 Å². The Bertz CT molecular complexity index is 611. The predicted octanol–water partition coefficient (Wildman–Crippen LogP) is 2.90. The summed E-state index contributed by atoms with van der Waals surface area (Å²) in [5, 5.41) is 3.95. The third-order valence-electron chi connectivity index (χ3n) is 6.11. The fraction of sp³-hybridized carbons (Fsp3) is 0.722. The standard InChI is InChI=1S/C18H25ClN4O/c1-11-2-3-12(4-11)18(24)22-15-5-13-8-23(9-14(13)6-15)17-16(19)7-20-10-21-17/h7,10-15H,2-6,8-9H2,1H3,(H,22,24). The highest BCUT2D eigenvalue weighted by Crippen LogP contribution is 2.41. The SMILES string of the molecule is CC1CCC(C(=O)NC2CC3CN(c4ncncc4Cl)CC3C2)C1. The molecule has 6 heteroatoms. The van der Waals surface area contributed by atoms with E-state index in [-0.39, 0.29) is 5.92 Å². The van der Waals surface area contributed by atoms with Gasteiger partial charge in [0, 0.05) is 25.0 Å². The van der Waals surface area contributed by atoms with Crippen LogP contribution in [-0.2, 0) is 4.79 Å².